The van der Waals surface area contributed by atoms with Crippen molar-refractivity contribution in [1.82, 2.24) is 25.5 Å². The molecule has 4 heterocycles. The van der Waals surface area contributed by atoms with Gasteiger partial charge in [0.15, 0.2) is 5.65 Å². The molecule has 9 heteroatoms. The minimum absolute atomic E-state index is 0.0398. The molecule has 2 aliphatic rings. The summed E-state index contributed by atoms with van der Waals surface area (Å²) in [6.07, 6.45) is 11.4. The summed E-state index contributed by atoms with van der Waals surface area (Å²) in [4.78, 5) is 32.2. The van der Waals surface area contributed by atoms with Crippen molar-refractivity contribution in [2.75, 3.05) is 5.32 Å². The molecule has 3 aromatic rings. The summed E-state index contributed by atoms with van der Waals surface area (Å²) in [5.41, 5.74) is 10.1. The van der Waals surface area contributed by atoms with Crippen LogP contribution in [0.2, 0.25) is 0 Å². The van der Waals surface area contributed by atoms with Crippen LogP contribution < -0.4 is 16.4 Å². The summed E-state index contributed by atoms with van der Waals surface area (Å²) < 4.78 is 0. The normalized spacial score (nSPS) is 19.2. The molecule has 2 amide bonds. The highest BCUT2D eigenvalue weighted by Gasteiger charge is 2.33. The first-order chi connectivity index (χ1) is 15.5. The lowest BCUT2D eigenvalue weighted by atomic mass is 9.88. The molecule has 0 saturated heterocycles. The topological polar surface area (TPSA) is 139 Å². The van der Waals surface area contributed by atoms with Gasteiger partial charge in [0.1, 0.15) is 5.82 Å². The van der Waals surface area contributed by atoms with Crippen molar-refractivity contribution >= 4 is 34.4 Å². The van der Waals surface area contributed by atoms with Gasteiger partial charge in [-0.2, -0.15) is 5.10 Å². The maximum atomic E-state index is 11.8. The molecule has 0 fully saturated rings. The molecule has 0 aromatic carbocycles. The van der Waals surface area contributed by atoms with Crippen molar-refractivity contribution in [3.8, 4) is 11.1 Å². The van der Waals surface area contributed by atoms with E-state index in [1.54, 1.807) is 31.5 Å². The number of amides is 2. The maximum absolute atomic E-state index is 11.8. The standard InChI is InChI=1S/C23H21N7O2/c1-2-20(31)28-19-7-6-12(10-25-19)13-8-16-21(29-30-23(16)26-11-13)18-9-15-14(22(24)32)4-3-5-17(15)27-18/h3-11,15,17,27H,2H2,1H3,(H2,24,32)(H,25,28,31)(H,26,29,30). The van der Waals surface area contributed by atoms with Gasteiger partial charge in [0.25, 0.3) is 0 Å². The van der Waals surface area contributed by atoms with Gasteiger partial charge in [0.05, 0.1) is 17.4 Å². The van der Waals surface area contributed by atoms with Gasteiger partial charge in [0, 0.05) is 46.8 Å². The Labute approximate surface area is 183 Å². The van der Waals surface area contributed by atoms with Crippen LogP contribution in [-0.4, -0.2) is 38.0 Å². The lowest BCUT2D eigenvalue weighted by Gasteiger charge is -2.20. The molecule has 0 radical (unpaired) electrons. The Balaban J connectivity index is 1.47. The number of nitrogens with one attached hydrogen (secondary N) is 3. The van der Waals surface area contributed by atoms with Crippen LogP contribution in [0.4, 0.5) is 5.82 Å². The Morgan fingerprint density at radius 3 is 2.78 bits per heavy atom. The summed E-state index contributed by atoms with van der Waals surface area (Å²) in [5, 5.41) is 14.4. The number of pyridine rings is 2. The second kappa shape index (κ2) is 7.77. The van der Waals surface area contributed by atoms with Crippen LogP contribution in [0.15, 0.2) is 60.5 Å². The van der Waals surface area contributed by atoms with E-state index < -0.39 is 5.91 Å². The Morgan fingerprint density at radius 2 is 2.03 bits per heavy atom. The van der Waals surface area contributed by atoms with Gasteiger partial charge >= 0.3 is 0 Å². The SMILES string of the molecule is CCC(=O)Nc1ccc(-c2cnc3n[nH]c(C4=CC5C(C(N)=O)=CC=CC5N4)c3c2)cn1. The zero-order valence-corrected chi connectivity index (χ0v) is 17.3. The molecule has 5 rings (SSSR count). The maximum Gasteiger partial charge on any atom is 0.245 e. The number of fused-ring (bicyclic) bond motifs is 2. The van der Waals surface area contributed by atoms with Crippen LogP contribution in [0.3, 0.4) is 0 Å². The van der Waals surface area contributed by atoms with Gasteiger partial charge in [-0.1, -0.05) is 25.2 Å². The number of hydrogen-bond donors (Lipinski definition) is 4. The van der Waals surface area contributed by atoms with E-state index in [4.69, 9.17) is 5.73 Å². The number of carbonyl (C=O) groups excluding carboxylic acids is 2. The van der Waals surface area contributed by atoms with E-state index in [1.807, 2.05) is 30.4 Å². The second-order valence-electron chi connectivity index (χ2n) is 7.68. The van der Waals surface area contributed by atoms with Crippen molar-refractivity contribution in [3.05, 3.63) is 66.2 Å². The highest BCUT2D eigenvalue weighted by Crippen LogP contribution is 2.34. The molecule has 9 nitrogen and oxygen atoms in total. The monoisotopic (exact) mass is 427 g/mol. The van der Waals surface area contributed by atoms with Crippen molar-refractivity contribution < 1.29 is 9.59 Å². The third-order valence-corrected chi connectivity index (χ3v) is 5.66. The zero-order chi connectivity index (χ0) is 22.2. The molecular formula is C23H21N7O2. The summed E-state index contributed by atoms with van der Waals surface area (Å²) in [6, 6.07) is 5.60. The van der Waals surface area contributed by atoms with E-state index in [0.717, 1.165) is 27.9 Å². The fourth-order valence-corrected chi connectivity index (χ4v) is 3.98. The number of H-pyrrole nitrogens is 1. The predicted molar refractivity (Wildman–Crippen MR) is 121 cm³/mol. The Bertz CT molecular complexity index is 1320. The van der Waals surface area contributed by atoms with Crippen molar-refractivity contribution in [2.45, 2.75) is 19.4 Å². The second-order valence-corrected chi connectivity index (χ2v) is 7.68. The molecule has 5 N–H and O–H groups in total. The van der Waals surface area contributed by atoms with Gasteiger partial charge in [-0.25, -0.2) is 9.97 Å². The fraction of sp³-hybridized carbons (Fsp3) is 0.174. The van der Waals surface area contributed by atoms with Gasteiger partial charge < -0.3 is 16.4 Å². The lowest BCUT2D eigenvalue weighted by molar-refractivity contribution is -0.116. The largest absolute Gasteiger partial charge is 0.376 e. The summed E-state index contributed by atoms with van der Waals surface area (Å²) >= 11 is 0. The molecule has 2 unspecified atom stereocenters. The third kappa shape index (κ3) is 3.43. The Kier molecular flexibility index (Phi) is 4.78. The van der Waals surface area contributed by atoms with Crippen LogP contribution in [0.25, 0.3) is 27.9 Å². The molecule has 0 bridgehead atoms. The lowest BCUT2D eigenvalue weighted by Crippen LogP contribution is -2.32. The highest BCUT2D eigenvalue weighted by atomic mass is 16.2. The number of anilines is 1. The third-order valence-electron chi connectivity index (χ3n) is 5.66. The average molecular weight is 427 g/mol. The molecule has 32 heavy (non-hydrogen) atoms. The van der Waals surface area contributed by atoms with Crippen LogP contribution >= 0.6 is 0 Å². The Morgan fingerprint density at radius 1 is 1.19 bits per heavy atom. The van der Waals surface area contributed by atoms with Gasteiger partial charge in [-0.05, 0) is 24.3 Å². The summed E-state index contributed by atoms with van der Waals surface area (Å²) in [7, 11) is 0. The minimum atomic E-state index is -0.423. The minimum Gasteiger partial charge on any atom is -0.376 e. The number of hydrogen-bond acceptors (Lipinski definition) is 6. The number of nitrogens with two attached hydrogens (primary N) is 1. The van der Waals surface area contributed by atoms with E-state index in [0.29, 0.717) is 23.5 Å². The van der Waals surface area contributed by atoms with E-state index in [2.05, 4.69) is 30.8 Å². The van der Waals surface area contributed by atoms with Crippen LogP contribution in [-0.2, 0) is 9.59 Å². The number of primary amides is 1. The van der Waals surface area contributed by atoms with E-state index in [9.17, 15) is 9.59 Å². The predicted octanol–water partition coefficient (Wildman–Crippen LogP) is 2.28. The number of aromatic amines is 1. The molecule has 3 aromatic heterocycles. The molecule has 0 spiro atoms. The van der Waals surface area contributed by atoms with Gasteiger partial charge in [-0.15, -0.1) is 0 Å². The number of nitrogens with zero attached hydrogens (tertiary/aromatic N) is 3. The number of aromatic nitrogens is 4. The molecule has 2 atom stereocenters. The first kappa shape index (κ1) is 19.7. The van der Waals surface area contributed by atoms with E-state index >= 15 is 0 Å². The molecule has 160 valence electrons. The van der Waals surface area contributed by atoms with E-state index in [1.165, 1.54) is 0 Å². The molecule has 0 saturated carbocycles. The highest BCUT2D eigenvalue weighted by molar-refractivity contribution is 5.96. The van der Waals surface area contributed by atoms with Crippen molar-refractivity contribution in [1.29, 1.82) is 0 Å². The average Bonchev–Trinajstić information content (AvgIpc) is 3.42. The molecule has 1 aliphatic heterocycles. The van der Waals surface area contributed by atoms with Crippen molar-refractivity contribution in [3.63, 3.8) is 0 Å². The van der Waals surface area contributed by atoms with Crippen molar-refractivity contribution in [2.24, 2.45) is 11.7 Å². The quantitative estimate of drug-likeness (QED) is 0.493. The van der Waals surface area contributed by atoms with Crippen LogP contribution in [0.5, 0.6) is 0 Å². The zero-order valence-electron chi connectivity index (χ0n) is 17.3. The number of allylic oxidation sites excluding steroid dienone is 2. The van der Waals surface area contributed by atoms with Gasteiger partial charge in [0.2, 0.25) is 11.8 Å². The van der Waals surface area contributed by atoms with Crippen LogP contribution in [0.1, 0.15) is 19.0 Å². The van der Waals surface area contributed by atoms with Gasteiger partial charge in [-0.3, -0.25) is 14.7 Å². The van der Waals surface area contributed by atoms with E-state index in [-0.39, 0.29) is 17.9 Å². The summed E-state index contributed by atoms with van der Waals surface area (Å²) in [6.45, 7) is 1.79. The Hall–Kier alpha value is -4.27. The molecule has 1 aliphatic carbocycles. The number of carbonyl (C=O) groups is 2. The summed E-state index contributed by atoms with van der Waals surface area (Å²) in [5.74, 6) is -0.128. The molecular weight excluding hydrogens is 406 g/mol. The van der Waals surface area contributed by atoms with Crippen LogP contribution in [0, 0.1) is 5.92 Å². The first-order valence-electron chi connectivity index (χ1n) is 10.3. The number of rotatable bonds is 5. The first-order valence-corrected chi connectivity index (χ1v) is 10.3. The smallest absolute Gasteiger partial charge is 0.245 e. The fourth-order valence-electron chi connectivity index (χ4n) is 3.98.